The lowest BCUT2D eigenvalue weighted by atomic mass is 10.1. The van der Waals surface area contributed by atoms with Gasteiger partial charge in [0.05, 0.1) is 55.4 Å². The minimum atomic E-state index is 1.11. The van der Waals surface area contributed by atoms with E-state index in [9.17, 15) is 0 Å². The van der Waals surface area contributed by atoms with E-state index in [1.807, 2.05) is 0 Å². The fourth-order valence-corrected chi connectivity index (χ4v) is 2.06. The molecule has 2 heteroatoms. The molecule has 0 aliphatic rings. The number of hydrogen-bond acceptors (Lipinski definition) is 0. The molecule has 0 heterocycles. The molecule has 0 unspecified atom stereocenters. The van der Waals surface area contributed by atoms with E-state index < -0.39 is 0 Å². The summed E-state index contributed by atoms with van der Waals surface area (Å²) in [6.07, 6.45) is 9.93. The van der Waals surface area contributed by atoms with E-state index in [1.54, 1.807) is 0 Å². The second-order valence-corrected chi connectivity index (χ2v) is 7.50. The molecule has 104 valence electrons. The summed E-state index contributed by atoms with van der Waals surface area (Å²) < 4.78 is 2.23. The van der Waals surface area contributed by atoms with Crippen LogP contribution in [0.1, 0.15) is 44.9 Å². The van der Waals surface area contributed by atoms with E-state index in [1.165, 1.54) is 58.0 Å². The third-order valence-electron chi connectivity index (χ3n) is 3.16. The van der Waals surface area contributed by atoms with Gasteiger partial charge < -0.3 is 8.97 Å². The summed E-state index contributed by atoms with van der Waals surface area (Å²) >= 11 is 0. The molecule has 0 atom stereocenters. The van der Waals surface area contributed by atoms with Crippen LogP contribution < -0.4 is 0 Å². The van der Waals surface area contributed by atoms with Crippen molar-refractivity contribution in [2.24, 2.45) is 0 Å². The average Bonchev–Trinajstić information content (AvgIpc) is 2.11. The van der Waals surface area contributed by atoms with Crippen molar-refractivity contribution in [1.82, 2.24) is 0 Å². The van der Waals surface area contributed by atoms with Crippen LogP contribution in [0.25, 0.3) is 0 Å². The Morgan fingerprint density at radius 3 is 0.882 bits per heavy atom. The van der Waals surface area contributed by atoms with Crippen molar-refractivity contribution in [3.8, 4) is 0 Å². The molecule has 0 saturated carbocycles. The van der Waals surface area contributed by atoms with Crippen molar-refractivity contribution in [2.45, 2.75) is 44.9 Å². The van der Waals surface area contributed by atoms with Crippen LogP contribution in [0.4, 0.5) is 0 Å². The first kappa shape index (κ1) is 16.9. The molecule has 17 heavy (non-hydrogen) atoms. The fraction of sp³-hybridized carbons (Fsp3) is 1.00. The predicted octanol–water partition coefficient (Wildman–Crippen LogP) is 3.13. The second kappa shape index (κ2) is 8.10. The summed E-state index contributed by atoms with van der Waals surface area (Å²) in [5, 5.41) is 0. The second-order valence-electron chi connectivity index (χ2n) is 7.50. The third-order valence-corrected chi connectivity index (χ3v) is 3.16. The molecule has 0 aliphatic carbocycles. The van der Waals surface area contributed by atoms with Crippen LogP contribution in [0.5, 0.6) is 0 Å². The summed E-state index contributed by atoms with van der Waals surface area (Å²) in [6, 6.07) is 0. The third kappa shape index (κ3) is 15.9. The van der Waals surface area contributed by atoms with Gasteiger partial charge >= 0.3 is 0 Å². The first-order chi connectivity index (χ1) is 7.71. The molecule has 0 aromatic carbocycles. The van der Waals surface area contributed by atoms with Crippen LogP contribution in [-0.4, -0.2) is 64.3 Å². The highest BCUT2D eigenvalue weighted by molar-refractivity contribution is 4.46. The number of nitrogens with zero attached hydrogens (tertiary/aromatic N) is 2. The van der Waals surface area contributed by atoms with Crippen molar-refractivity contribution in [3.05, 3.63) is 0 Å². The van der Waals surface area contributed by atoms with Gasteiger partial charge in [-0.15, -0.1) is 0 Å². The van der Waals surface area contributed by atoms with Crippen LogP contribution in [-0.2, 0) is 0 Å². The summed E-state index contributed by atoms with van der Waals surface area (Å²) in [7, 11) is 13.7. The van der Waals surface area contributed by atoms with Gasteiger partial charge in [-0.3, -0.25) is 0 Å². The maximum absolute atomic E-state index is 2.28. The first-order valence-electron chi connectivity index (χ1n) is 7.32. The van der Waals surface area contributed by atoms with Crippen molar-refractivity contribution >= 4 is 0 Å². The Labute approximate surface area is 110 Å². The fourth-order valence-electron chi connectivity index (χ4n) is 2.06. The lowest BCUT2D eigenvalue weighted by Crippen LogP contribution is -2.35. The molecule has 0 fully saturated rings. The van der Waals surface area contributed by atoms with Crippen LogP contribution in [0.15, 0.2) is 0 Å². The molecule has 0 amide bonds. The van der Waals surface area contributed by atoms with Gasteiger partial charge in [-0.05, 0) is 25.7 Å². The van der Waals surface area contributed by atoms with Crippen LogP contribution >= 0.6 is 0 Å². The molecule has 0 aliphatic heterocycles. The van der Waals surface area contributed by atoms with Crippen LogP contribution in [0, 0.1) is 0 Å². The molecular weight excluding hydrogens is 208 g/mol. The Hall–Kier alpha value is -0.0800. The quantitative estimate of drug-likeness (QED) is 0.409. The highest BCUT2D eigenvalue weighted by Crippen LogP contribution is 2.09. The smallest absolute Gasteiger partial charge is 0.0780 e. The Morgan fingerprint density at radius 2 is 0.647 bits per heavy atom. The molecule has 0 radical (unpaired) electrons. The topological polar surface area (TPSA) is 0 Å². The first-order valence-corrected chi connectivity index (χ1v) is 7.32. The van der Waals surface area contributed by atoms with Gasteiger partial charge in [0, 0.05) is 0 Å². The number of hydrogen-bond donors (Lipinski definition) is 0. The van der Waals surface area contributed by atoms with Gasteiger partial charge in [0.2, 0.25) is 0 Å². The summed E-state index contributed by atoms with van der Waals surface area (Å²) in [5.41, 5.74) is 0. The maximum atomic E-state index is 2.28. The van der Waals surface area contributed by atoms with E-state index in [0.717, 1.165) is 8.97 Å². The van der Waals surface area contributed by atoms with Gasteiger partial charge in [-0.1, -0.05) is 19.3 Å². The highest BCUT2D eigenvalue weighted by Gasteiger charge is 2.06. The summed E-state index contributed by atoms with van der Waals surface area (Å²) in [5.74, 6) is 0. The maximum Gasteiger partial charge on any atom is 0.0780 e. The average molecular weight is 244 g/mol. The molecule has 0 rings (SSSR count). The Bertz CT molecular complexity index is 154. The van der Waals surface area contributed by atoms with E-state index in [2.05, 4.69) is 42.3 Å². The molecule has 0 saturated heterocycles. The standard InChI is InChI=1S/C15H36N2/c1-16(2,3)14-12-10-8-7-9-11-13-15-17(4,5)6/h7-15H2,1-6H3/q+2. The molecule has 2 nitrogen and oxygen atoms in total. The van der Waals surface area contributed by atoms with Gasteiger partial charge in [-0.2, -0.15) is 0 Å². The SMILES string of the molecule is C[N+](C)(C)CCCCCCCCC[N+](C)(C)C. The largest absolute Gasteiger partial charge is 0.331 e. The van der Waals surface area contributed by atoms with E-state index in [4.69, 9.17) is 0 Å². The monoisotopic (exact) mass is 244 g/mol. The van der Waals surface area contributed by atoms with Crippen molar-refractivity contribution < 1.29 is 8.97 Å². The number of rotatable bonds is 10. The zero-order valence-electron chi connectivity index (χ0n) is 13.3. The molecule has 0 spiro atoms. The van der Waals surface area contributed by atoms with Crippen LogP contribution in [0.3, 0.4) is 0 Å². The van der Waals surface area contributed by atoms with E-state index >= 15 is 0 Å². The number of quaternary nitrogens is 2. The normalized spacial score (nSPS) is 13.1. The minimum absolute atomic E-state index is 1.11. The zero-order chi connectivity index (χ0) is 13.4. The molecule has 0 bridgehead atoms. The van der Waals surface area contributed by atoms with E-state index in [-0.39, 0.29) is 0 Å². The van der Waals surface area contributed by atoms with Gasteiger partial charge in [0.25, 0.3) is 0 Å². The predicted molar refractivity (Wildman–Crippen MR) is 78.1 cm³/mol. The lowest BCUT2D eigenvalue weighted by molar-refractivity contribution is -0.870. The molecule has 0 aromatic heterocycles. The van der Waals surface area contributed by atoms with Crippen molar-refractivity contribution in [3.63, 3.8) is 0 Å². The number of unbranched alkanes of at least 4 members (excludes halogenated alkanes) is 6. The Balaban J connectivity index is 3.15. The van der Waals surface area contributed by atoms with Crippen molar-refractivity contribution in [2.75, 3.05) is 55.4 Å². The lowest BCUT2D eigenvalue weighted by Gasteiger charge is -2.24. The summed E-state index contributed by atoms with van der Waals surface area (Å²) in [4.78, 5) is 0. The van der Waals surface area contributed by atoms with Gasteiger partial charge in [0.1, 0.15) is 0 Å². The molecular formula is C15H36N2+2. The van der Waals surface area contributed by atoms with Crippen molar-refractivity contribution in [1.29, 1.82) is 0 Å². The van der Waals surface area contributed by atoms with Gasteiger partial charge in [-0.25, -0.2) is 0 Å². The van der Waals surface area contributed by atoms with E-state index in [0.29, 0.717) is 0 Å². The molecule has 0 aromatic rings. The Morgan fingerprint density at radius 1 is 0.412 bits per heavy atom. The molecule has 0 N–H and O–H groups in total. The Kier molecular flexibility index (Phi) is 8.06. The van der Waals surface area contributed by atoms with Gasteiger partial charge in [0.15, 0.2) is 0 Å². The minimum Gasteiger partial charge on any atom is -0.331 e. The summed E-state index contributed by atoms with van der Waals surface area (Å²) in [6.45, 7) is 2.64. The zero-order valence-corrected chi connectivity index (χ0v) is 13.3. The highest BCUT2D eigenvalue weighted by atomic mass is 15.3. The van der Waals surface area contributed by atoms with Crippen LogP contribution in [0.2, 0.25) is 0 Å².